The molecule has 0 amide bonds. The minimum absolute atomic E-state index is 0.502. The van der Waals surface area contributed by atoms with Gasteiger partial charge in [0.15, 0.2) is 5.96 Å². The van der Waals surface area contributed by atoms with Gasteiger partial charge in [-0.25, -0.2) is 4.98 Å². The Morgan fingerprint density at radius 3 is 2.68 bits per heavy atom. The van der Waals surface area contributed by atoms with Crippen LogP contribution in [0, 0.1) is 13.8 Å². The zero-order valence-corrected chi connectivity index (χ0v) is 16.8. The predicted molar refractivity (Wildman–Crippen MR) is 106 cm³/mol. The van der Waals surface area contributed by atoms with Gasteiger partial charge in [-0.3, -0.25) is 9.89 Å². The highest BCUT2D eigenvalue weighted by atomic mass is 32.1. The van der Waals surface area contributed by atoms with Crippen LogP contribution in [0.4, 0.5) is 0 Å². The van der Waals surface area contributed by atoms with Gasteiger partial charge < -0.3 is 10.6 Å². The van der Waals surface area contributed by atoms with Crippen molar-refractivity contribution < 1.29 is 0 Å². The normalized spacial score (nSPS) is 23.6. The maximum atomic E-state index is 4.60. The molecule has 1 unspecified atom stereocenters. The van der Waals surface area contributed by atoms with Crippen molar-refractivity contribution in [2.75, 3.05) is 20.1 Å². The van der Waals surface area contributed by atoms with Gasteiger partial charge >= 0.3 is 0 Å². The molecule has 5 nitrogen and oxygen atoms in total. The van der Waals surface area contributed by atoms with Crippen LogP contribution in [0.1, 0.15) is 60.5 Å². The Morgan fingerprint density at radius 2 is 2.00 bits per heavy atom. The number of rotatable bonds is 4. The molecule has 140 valence electrons. The largest absolute Gasteiger partial charge is 0.352 e. The number of aromatic nitrogens is 1. The summed E-state index contributed by atoms with van der Waals surface area (Å²) >= 11 is 1.77. The maximum Gasteiger partial charge on any atom is 0.191 e. The van der Waals surface area contributed by atoms with E-state index < -0.39 is 0 Å². The van der Waals surface area contributed by atoms with Crippen LogP contribution < -0.4 is 10.6 Å². The van der Waals surface area contributed by atoms with Crippen molar-refractivity contribution in [2.45, 2.75) is 77.4 Å². The van der Waals surface area contributed by atoms with Gasteiger partial charge in [0.1, 0.15) is 5.01 Å². The molecule has 1 aliphatic heterocycles. The third-order valence-electron chi connectivity index (χ3n) is 5.59. The summed E-state index contributed by atoms with van der Waals surface area (Å²) in [4.78, 5) is 13.0. The number of aliphatic imine (C=N–C) groups is 1. The Morgan fingerprint density at radius 1 is 1.20 bits per heavy atom. The van der Waals surface area contributed by atoms with Crippen molar-refractivity contribution >= 4 is 17.3 Å². The minimum atomic E-state index is 0.502. The highest BCUT2D eigenvalue weighted by molar-refractivity contribution is 7.11. The Kier molecular flexibility index (Phi) is 6.70. The summed E-state index contributed by atoms with van der Waals surface area (Å²) in [6, 6.07) is 1.32. The number of piperidine rings is 1. The van der Waals surface area contributed by atoms with Gasteiger partial charge in [-0.2, -0.15) is 0 Å². The lowest BCUT2D eigenvalue weighted by molar-refractivity contribution is 0.115. The lowest BCUT2D eigenvalue weighted by atomic mass is 9.92. The van der Waals surface area contributed by atoms with Crippen LogP contribution in [0.15, 0.2) is 4.99 Å². The standard InChI is InChI=1S/C19H33N5S/c1-14-15(2)25-18(22-14)12-21-19(20-3)23-16-8-7-11-24(13-16)17-9-5-4-6-10-17/h16-17H,4-13H2,1-3H3,(H2,20,21,23). The first kappa shape index (κ1) is 18.6. The molecule has 25 heavy (non-hydrogen) atoms. The molecule has 6 heteroatoms. The van der Waals surface area contributed by atoms with Crippen LogP contribution in [0.25, 0.3) is 0 Å². The molecule has 1 atom stereocenters. The van der Waals surface area contributed by atoms with Crippen molar-refractivity contribution in [2.24, 2.45) is 4.99 Å². The van der Waals surface area contributed by atoms with Crippen molar-refractivity contribution in [3.8, 4) is 0 Å². The Labute approximate surface area is 156 Å². The predicted octanol–water partition coefficient (Wildman–Crippen LogP) is 3.22. The van der Waals surface area contributed by atoms with Crippen LogP contribution >= 0.6 is 11.3 Å². The van der Waals surface area contributed by atoms with Gasteiger partial charge in [-0.05, 0) is 46.1 Å². The van der Waals surface area contributed by atoms with E-state index in [9.17, 15) is 0 Å². The van der Waals surface area contributed by atoms with Gasteiger partial charge in [0, 0.05) is 30.6 Å². The van der Waals surface area contributed by atoms with Crippen molar-refractivity contribution in [1.82, 2.24) is 20.5 Å². The Bertz CT molecular complexity index is 557. The average Bonchev–Trinajstić information content (AvgIpc) is 2.97. The number of likely N-dealkylation sites (tertiary alicyclic amines) is 1. The highest BCUT2D eigenvalue weighted by Gasteiger charge is 2.27. The fraction of sp³-hybridized carbons (Fsp3) is 0.789. The highest BCUT2D eigenvalue weighted by Crippen LogP contribution is 2.25. The first-order valence-electron chi connectivity index (χ1n) is 9.80. The van der Waals surface area contributed by atoms with E-state index in [2.05, 4.69) is 39.4 Å². The van der Waals surface area contributed by atoms with E-state index in [4.69, 9.17) is 0 Å². The summed E-state index contributed by atoms with van der Waals surface area (Å²) in [6.45, 7) is 7.38. The van der Waals surface area contributed by atoms with E-state index >= 15 is 0 Å². The monoisotopic (exact) mass is 363 g/mol. The third-order valence-corrected chi connectivity index (χ3v) is 6.66. The van der Waals surface area contributed by atoms with Crippen molar-refractivity contribution in [3.05, 3.63) is 15.6 Å². The van der Waals surface area contributed by atoms with E-state index in [1.54, 1.807) is 11.3 Å². The van der Waals surface area contributed by atoms with Crippen LogP contribution in [-0.4, -0.2) is 48.1 Å². The molecular formula is C19H33N5S. The number of hydrogen-bond acceptors (Lipinski definition) is 4. The lowest BCUT2D eigenvalue weighted by Gasteiger charge is -2.40. The molecule has 0 radical (unpaired) electrons. The zero-order chi connectivity index (χ0) is 17.6. The van der Waals surface area contributed by atoms with E-state index in [1.165, 1.54) is 56.4 Å². The van der Waals surface area contributed by atoms with Gasteiger partial charge in [0.25, 0.3) is 0 Å². The molecule has 2 N–H and O–H groups in total. The van der Waals surface area contributed by atoms with Gasteiger partial charge in [0.05, 0.1) is 12.2 Å². The fourth-order valence-electron chi connectivity index (χ4n) is 4.06. The fourth-order valence-corrected chi connectivity index (χ4v) is 4.94. The number of aryl methyl sites for hydroxylation is 2. The van der Waals surface area contributed by atoms with E-state index in [-0.39, 0.29) is 0 Å². The summed E-state index contributed by atoms with van der Waals surface area (Å²) in [5, 5.41) is 8.21. The van der Waals surface area contributed by atoms with Crippen LogP contribution in [0.5, 0.6) is 0 Å². The summed E-state index contributed by atoms with van der Waals surface area (Å²) in [6.07, 6.45) is 9.56. The smallest absolute Gasteiger partial charge is 0.191 e. The van der Waals surface area contributed by atoms with E-state index in [0.717, 1.165) is 35.8 Å². The molecule has 3 rings (SSSR count). The Hall–Kier alpha value is -1.14. The van der Waals surface area contributed by atoms with Crippen LogP contribution in [-0.2, 0) is 6.54 Å². The number of nitrogens with one attached hydrogen (secondary N) is 2. The molecule has 0 spiro atoms. The molecule has 1 saturated carbocycles. The molecule has 1 aromatic rings. The number of nitrogens with zero attached hydrogens (tertiary/aromatic N) is 3. The molecule has 1 aliphatic carbocycles. The average molecular weight is 364 g/mol. The van der Waals surface area contributed by atoms with E-state index in [0.29, 0.717) is 6.04 Å². The van der Waals surface area contributed by atoms with Gasteiger partial charge in [-0.15, -0.1) is 11.3 Å². The molecule has 2 aliphatic rings. The Balaban J connectivity index is 1.48. The molecule has 1 aromatic heterocycles. The second-order valence-corrected chi connectivity index (χ2v) is 8.73. The summed E-state index contributed by atoms with van der Waals surface area (Å²) in [5.41, 5.74) is 1.14. The minimum Gasteiger partial charge on any atom is -0.352 e. The van der Waals surface area contributed by atoms with Crippen LogP contribution in [0.2, 0.25) is 0 Å². The quantitative estimate of drug-likeness (QED) is 0.637. The summed E-state index contributed by atoms with van der Waals surface area (Å²) < 4.78 is 0. The van der Waals surface area contributed by atoms with Crippen molar-refractivity contribution in [1.29, 1.82) is 0 Å². The maximum absolute atomic E-state index is 4.60. The topological polar surface area (TPSA) is 52.6 Å². The second kappa shape index (κ2) is 8.99. The molecule has 0 bridgehead atoms. The second-order valence-electron chi connectivity index (χ2n) is 7.45. The number of guanidine groups is 1. The van der Waals surface area contributed by atoms with Gasteiger partial charge in [0.2, 0.25) is 0 Å². The zero-order valence-electron chi connectivity index (χ0n) is 16.0. The summed E-state index contributed by atoms with van der Waals surface area (Å²) in [5.74, 6) is 0.904. The SMILES string of the molecule is CN=C(NCc1nc(C)c(C)s1)NC1CCCN(C2CCCCC2)C1. The van der Waals surface area contributed by atoms with Gasteiger partial charge in [-0.1, -0.05) is 19.3 Å². The van der Waals surface area contributed by atoms with Crippen LogP contribution in [0.3, 0.4) is 0 Å². The first-order chi connectivity index (χ1) is 12.2. The first-order valence-corrected chi connectivity index (χ1v) is 10.6. The third kappa shape index (κ3) is 5.17. The molecule has 2 heterocycles. The molecule has 2 fully saturated rings. The molecular weight excluding hydrogens is 330 g/mol. The van der Waals surface area contributed by atoms with E-state index in [1.807, 2.05) is 7.05 Å². The number of hydrogen-bond donors (Lipinski definition) is 2. The molecule has 1 saturated heterocycles. The molecule has 0 aromatic carbocycles. The lowest BCUT2D eigenvalue weighted by Crippen LogP contribution is -2.53. The summed E-state index contributed by atoms with van der Waals surface area (Å²) in [7, 11) is 1.86. The van der Waals surface area contributed by atoms with Crippen molar-refractivity contribution in [3.63, 3.8) is 0 Å². The number of thiazole rings is 1.